The number of nitrogens with zero attached hydrogens (tertiary/aromatic N) is 1. The van der Waals surface area contributed by atoms with Crippen LogP contribution in [0.1, 0.15) is 50.5 Å². The largest absolute Gasteiger partial charge is 0.381 e. The van der Waals surface area contributed by atoms with Crippen LogP contribution < -0.4 is 10.6 Å². The van der Waals surface area contributed by atoms with Crippen molar-refractivity contribution in [3.05, 3.63) is 35.9 Å². The number of aliphatic imine (C=N–C) groups is 1. The summed E-state index contributed by atoms with van der Waals surface area (Å²) in [5, 5.41) is 7.02. The number of hydrogen-bond donors (Lipinski definition) is 2. The number of guanidine groups is 1. The van der Waals surface area contributed by atoms with Crippen LogP contribution in [0.15, 0.2) is 35.3 Å². The third kappa shape index (κ3) is 7.72. The van der Waals surface area contributed by atoms with Gasteiger partial charge in [0.2, 0.25) is 0 Å². The second kappa shape index (κ2) is 13.4. The number of ether oxygens (including phenoxy) is 2. The summed E-state index contributed by atoms with van der Waals surface area (Å²) >= 11 is 0. The van der Waals surface area contributed by atoms with Gasteiger partial charge in [0.05, 0.1) is 0 Å². The minimum Gasteiger partial charge on any atom is -0.381 e. The lowest BCUT2D eigenvalue weighted by Crippen LogP contribution is -2.45. The van der Waals surface area contributed by atoms with E-state index < -0.39 is 0 Å². The van der Waals surface area contributed by atoms with Crippen LogP contribution in [0.2, 0.25) is 0 Å². The third-order valence-corrected chi connectivity index (χ3v) is 6.22. The van der Waals surface area contributed by atoms with E-state index in [1.165, 1.54) is 31.2 Å². The number of halogens is 1. The quantitative estimate of drug-likeness (QED) is 0.225. The van der Waals surface area contributed by atoms with Crippen LogP contribution in [0, 0.1) is 5.92 Å². The second-order valence-electron chi connectivity index (χ2n) is 8.19. The Morgan fingerprint density at radius 3 is 2.55 bits per heavy atom. The Balaban J connectivity index is 0.00000300. The Kier molecular flexibility index (Phi) is 11.3. The summed E-state index contributed by atoms with van der Waals surface area (Å²) in [6.07, 6.45) is 8.39. The van der Waals surface area contributed by atoms with Crippen LogP contribution in [0.3, 0.4) is 0 Å². The molecule has 3 rings (SSSR count). The van der Waals surface area contributed by atoms with Crippen LogP contribution >= 0.6 is 24.0 Å². The molecule has 0 radical (unpaired) electrons. The minimum absolute atomic E-state index is 0. The highest BCUT2D eigenvalue weighted by Crippen LogP contribution is 2.40. The molecule has 0 bridgehead atoms. The lowest BCUT2D eigenvalue weighted by molar-refractivity contribution is 0.0203. The lowest BCUT2D eigenvalue weighted by atomic mass is 9.79. The highest BCUT2D eigenvalue weighted by Gasteiger charge is 2.35. The summed E-state index contributed by atoms with van der Waals surface area (Å²) in [7, 11) is 1.85. The van der Waals surface area contributed by atoms with Crippen molar-refractivity contribution >= 4 is 29.9 Å². The molecule has 0 spiro atoms. The Hall–Kier alpha value is -0.860. The topological polar surface area (TPSA) is 54.9 Å². The van der Waals surface area contributed by atoms with E-state index in [9.17, 15) is 0 Å². The summed E-state index contributed by atoms with van der Waals surface area (Å²) in [4.78, 5) is 4.40. The molecule has 2 N–H and O–H groups in total. The molecule has 1 aliphatic heterocycles. The molecule has 1 aromatic rings. The fraction of sp³-hybridized carbons (Fsp3) is 0.696. The van der Waals surface area contributed by atoms with E-state index in [4.69, 9.17) is 9.47 Å². The van der Waals surface area contributed by atoms with E-state index in [1.807, 2.05) is 7.05 Å². The van der Waals surface area contributed by atoms with E-state index in [0.717, 1.165) is 64.7 Å². The first-order valence-electron chi connectivity index (χ1n) is 11.0. The van der Waals surface area contributed by atoms with E-state index in [1.54, 1.807) is 0 Å². The minimum atomic E-state index is 0. The number of nitrogens with one attached hydrogen (secondary N) is 2. The molecule has 1 saturated heterocycles. The van der Waals surface area contributed by atoms with Gasteiger partial charge in [-0.05, 0) is 43.6 Å². The van der Waals surface area contributed by atoms with Crippen molar-refractivity contribution < 1.29 is 9.47 Å². The van der Waals surface area contributed by atoms with Crippen molar-refractivity contribution in [3.8, 4) is 0 Å². The molecule has 1 aromatic carbocycles. The molecular formula is C23H38IN3O2. The second-order valence-corrected chi connectivity index (χ2v) is 8.19. The lowest BCUT2D eigenvalue weighted by Gasteiger charge is -2.30. The summed E-state index contributed by atoms with van der Waals surface area (Å²) in [6.45, 7) is 5.28. The molecule has 2 fully saturated rings. The zero-order chi connectivity index (χ0) is 19.5. The molecular weight excluding hydrogens is 477 g/mol. The zero-order valence-corrected chi connectivity index (χ0v) is 20.2. The van der Waals surface area contributed by atoms with Crippen molar-refractivity contribution in [3.63, 3.8) is 0 Å². The Bertz CT molecular complexity index is 585. The Morgan fingerprint density at radius 2 is 1.86 bits per heavy atom. The monoisotopic (exact) mass is 515 g/mol. The van der Waals surface area contributed by atoms with Gasteiger partial charge in [0, 0.05) is 52.0 Å². The van der Waals surface area contributed by atoms with Crippen LogP contribution in [0.25, 0.3) is 0 Å². The van der Waals surface area contributed by atoms with Gasteiger partial charge in [-0.1, -0.05) is 43.2 Å². The van der Waals surface area contributed by atoms with Crippen LogP contribution in [-0.4, -0.2) is 52.5 Å². The standard InChI is InChI=1S/C23H37N3O2.HI/c1-24-22(25-14-7-15-28-18-20-10-16-27-17-11-20)26-19-23(12-5-6-13-23)21-8-3-2-4-9-21;/h2-4,8-9,20H,5-7,10-19H2,1H3,(H2,24,25,26);1H. The van der Waals surface area contributed by atoms with Crippen molar-refractivity contribution in [2.24, 2.45) is 10.9 Å². The van der Waals surface area contributed by atoms with Crippen LogP contribution in [-0.2, 0) is 14.9 Å². The van der Waals surface area contributed by atoms with Gasteiger partial charge in [-0.3, -0.25) is 4.99 Å². The highest BCUT2D eigenvalue weighted by molar-refractivity contribution is 14.0. The van der Waals surface area contributed by atoms with Gasteiger partial charge in [0.25, 0.3) is 0 Å². The molecule has 29 heavy (non-hydrogen) atoms. The SMILES string of the molecule is CN=C(NCCCOCC1CCOCC1)NCC1(c2ccccc2)CCCC1.I. The molecule has 0 atom stereocenters. The summed E-state index contributed by atoms with van der Waals surface area (Å²) in [5.74, 6) is 1.57. The van der Waals surface area contributed by atoms with Crippen LogP contribution in [0.4, 0.5) is 0 Å². The third-order valence-electron chi connectivity index (χ3n) is 6.22. The molecule has 1 aliphatic carbocycles. The molecule has 1 saturated carbocycles. The first kappa shape index (κ1) is 24.4. The van der Waals surface area contributed by atoms with E-state index >= 15 is 0 Å². The van der Waals surface area contributed by atoms with E-state index in [0.29, 0.717) is 5.92 Å². The summed E-state index contributed by atoms with van der Waals surface area (Å²) in [6, 6.07) is 11.0. The average molecular weight is 515 g/mol. The summed E-state index contributed by atoms with van der Waals surface area (Å²) < 4.78 is 11.2. The maximum Gasteiger partial charge on any atom is 0.191 e. The number of hydrogen-bond acceptors (Lipinski definition) is 3. The van der Waals surface area contributed by atoms with Gasteiger partial charge in [0.15, 0.2) is 5.96 Å². The molecule has 6 heteroatoms. The Morgan fingerprint density at radius 1 is 1.14 bits per heavy atom. The first-order valence-corrected chi connectivity index (χ1v) is 11.0. The number of benzene rings is 1. The van der Waals surface area contributed by atoms with Gasteiger partial charge < -0.3 is 20.1 Å². The van der Waals surface area contributed by atoms with E-state index in [2.05, 4.69) is 46.0 Å². The average Bonchev–Trinajstić information content (AvgIpc) is 3.24. The van der Waals surface area contributed by atoms with Crippen molar-refractivity contribution in [2.45, 2.75) is 50.4 Å². The van der Waals surface area contributed by atoms with Gasteiger partial charge >= 0.3 is 0 Å². The Labute approximate surface area is 193 Å². The van der Waals surface area contributed by atoms with Gasteiger partial charge in [0.1, 0.15) is 0 Å². The van der Waals surface area contributed by atoms with Crippen molar-refractivity contribution in [1.29, 1.82) is 0 Å². The van der Waals surface area contributed by atoms with Gasteiger partial charge in [-0.2, -0.15) is 0 Å². The molecule has 1 heterocycles. The molecule has 0 aromatic heterocycles. The smallest absolute Gasteiger partial charge is 0.191 e. The highest BCUT2D eigenvalue weighted by atomic mass is 127. The molecule has 164 valence electrons. The van der Waals surface area contributed by atoms with Crippen molar-refractivity contribution in [2.75, 3.05) is 46.6 Å². The predicted octanol–water partition coefficient (Wildman–Crippen LogP) is 4.11. The number of rotatable bonds is 9. The fourth-order valence-corrected chi connectivity index (χ4v) is 4.43. The molecule has 5 nitrogen and oxygen atoms in total. The van der Waals surface area contributed by atoms with Gasteiger partial charge in [-0.15, -0.1) is 24.0 Å². The molecule has 0 amide bonds. The summed E-state index contributed by atoms with van der Waals surface area (Å²) in [5.41, 5.74) is 1.70. The zero-order valence-electron chi connectivity index (χ0n) is 17.8. The van der Waals surface area contributed by atoms with Gasteiger partial charge in [-0.25, -0.2) is 0 Å². The van der Waals surface area contributed by atoms with Crippen molar-refractivity contribution in [1.82, 2.24) is 10.6 Å². The first-order chi connectivity index (χ1) is 13.8. The molecule has 0 unspecified atom stereocenters. The van der Waals surface area contributed by atoms with Crippen LogP contribution in [0.5, 0.6) is 0 Å². The maximum atomic E-state index is 5.85. The fourth-order valence-electron chi connectivity index (χ4n) is 4.43. The maximum absolute atomic E-state index is 5.85. The normalized spacial score (nSPS) is 19.6. The van der Waals surface area contributed by atoms with E-state index in [-0.39, 0.29) is 29.4 Å². The molecule has 2 aliphatic rings. The predicted molar refractivity (Wildman–Crippen MR) is 130 cm³/mol.